The van der Waals surface area contributed by atoms with E-state index < -0.39 is 0 Å². The summed E-state index contributed by atoms with van der Waals surface area (Å²) in [5, 5.41) is 1.37. The lowest BCUT2D eigenvalue weighted by Crippen LogP contribution is -1.92. The molecule has 62 valence electrons. The van der Waals surface area contributed by atoms with Crippen molar-refractivity contribution in [2.45, 2.75) is 4.90 Å². The third-order valence-corrected chi connectivity index (χ3v) is 3.21. The van der Waals surface area contributed by atoms with Crippen molar-refractivity contribution in [3.8, 4) is 0 Å². The molecule has 2 aromatic rings. The molecule has 1 nitrogen and oxygen atoms in total. The molecule has 2 heteroatoms. The molecular weight excluding hydrogens is 166 g/mol. The number of nitrogens with one attached hydrogen (secondary N) is 1. The van der Waals surface area contributed by atoms with Crippen LogP contribution in [0.15, 0.2) is 35.4 Å². The van der Waals surface area contributed by atoms with E-state index in [0.717, 1.165) is 0 Å². The van der Waals surface area contributed by atoms with E-state index in [4.69, 9.17) is 0 Å². The van der Waals surface area contributed by atoms with Crippen LogP contribution < -0.4 is 0 Å². The van der Waals surface area contributed by atoms with Gasteiger partial charge in [-0.2, -0.15) is 0 Å². The summed E-state index contributed by atoms with van der Waals surface area (Å²) in [6.45, 7) is 0. The molecule has 0 aliphatic rings. The van der Waals surface area contributed by atoms with Crippen LogP contribution in [0.25, 0.3) is 10.9 Å². The molecule has 0 saturated heterocycles. The van der Waals surface area contributed by atoms with Crippen LogP contribution in [-0.4, -0.2) is 17.5 Å². The van der Waals surface area contributed by atoms with E-state index in [1.807, 2.05) is 0 Å². The zero-order valence-corrected chi connectivity index (χ0v) is 8.11. The number of hydrogen-bond acceptors (Lipinski definition) is 0. The molecule has 1 heterocycles. The van der Waals surface area contributed by atoms with Gasteiger partial charge < -0.3 is 4.98 Å². The van der Waals surface area contributed by atoms with E-state index in [-0.39, 0.29) is 0 Å². The van der Waals surface area contributed by atoms with Gasteiger partial charge in [-0.1, -0.05) is 12.1 Å². The van der Waals surface area contributed by atoms with Gasteiger partial charge in [0.25, 0.3) is 0 Å². The zero-order chi connectivity index (χ0) is 8.55. The molecular formula is C10H12NS+. The fourth-order valence-electron chi connectivity index (χ4n) is 1.38. The van der Waals surface area contributed by atoms with Gasteiger partial charge in [-0.05, 0) is 12.1 Å². The summed E-state index contributed by atoms with van der Waals surface area (Å²) < 4.78 is 0. The first-order valence-corrected chi connectivity index (χ1v) is 5.97. The Bertz CT molecular complexity index is 389. The molecule has 0 unspecified atom stereocenters. The highest BCUT2D eigenvalue weighted by molar-refractivity contribution is 7.95. The number of hydrogen-bond donors (Lipinski definition) is 1. The van der Waals surface area contributed by atoms with Crippen LogP contribution >= 0.6 is 0 Å². The predicted molar refractivity (Wildman–Crippen MR) is 55.8 cm³/mol. The molecule has 0 aliphatic heterocycles. The number of fused-ring (bicyclic) bond motifs is 1. The Kier molecular flexibility index (Phi) is 1.85. The molecule has 0 bridgehead atoms. The van der Waals surface area contributed by atoms with Crippen LogP contribution in [-0.2, 0) is 10.9 Å². The molecule has 0 amide bonds. The van der Waals surface area contributed by atoms with Gasteiger partial charge in [-0.25, -0.2) is 0 Å². The highest BCUT2D eigenvalue weighted by Gasteiger charge is 2.13. The fraction of sp³-hybridized carbons (Fsp3) is 0.200. The number of benzene rings is 1. The summed E-state index contributed by atoms with van der Waals surface area (Å²) in [6, 6.07) is 8.44. The van der Waals surface area contributed by atoms with Crippen molar-refractivity contribution in [1.82, 2.24) is 4.98 Å². The lowest BCUT2D eigenvalue weighted by molar-refractivity contribution is 1.41. The van der Waals surface area contributed by atoms with Crippen LogP contribution in [0.3, 0.4) is 0 Å². The van der Waals surface area contributed by atoms with Gasteiger partial charge in [0.1, 0.15) is 12.5 Å². The lowest BCUT2D eigenvalue weighted by Gasteiger charge is -1.91. The summed E-state index contributed by atoms with van der Waals surface area (Å²) in [5.41, 5.74) is 1.24. The van der Waals surface area contributed by atoms with Gasteiger partial charge in [0.05, 0.1) is 17.1 Å². The molecule has 0 saturated carbocycles. The molecule has 0 radical (unpaired) electrons. The van der Waals surface area contributed by atoms with Gasteiger partial charge in [0.15, 0.2) is 4.90 Å². The monoisotopic (exact) mass is 178 g/mol. The van der Waals surface area contributed by atoms with Crippen LogP contribution in [0.1, 0.15) is 0 Å². The zero-order valence-electron chi connectivity index (χ0n) is 7.29. The van der Waals surface area contributed by atoms with Gasteiger partial charge in [0.2, 0.25) is 0 Å². The second-order valence-electron chi connectivity index (χ2n) is 3.02. The maximum absolute atomic E-state index is 3.28. The first-order chi connectivity index (χ1) is 5.79. The fourth-order valence-corrected chi connectivity index (χ4v) is 2.30. The van der Waals surface area contributed by atoms with Crippen molar-refractivity contribution in [1.29, 1.82) is 0 Å². The van der Waals surface area contributed by atoms with Crippen LogP contribution in [0.4, 0.5) is 0 Å². The molecule has 0 aliphatic carbocycles. The van der Waals surface area contributed by atoms with E-state index in [0.29, 0.717) is 10.9 Å². The second kappa shape index (κ2) is 2.87. The van der Waals surface area contributed by atoms with Crippen molar-refractivity contribution in [3.05, 3.63) is 30.5 Å². The summed E-state index contributed by atoms with van der Waals surface area (Å²) in [7, 11) is 0.346. The third-order valence-electron chi connectivity index (χ3n) is 1.99. The molecule has 0 fully saturated rings. The van der Waals surface area contributed by atoms with Crippen molar-refractivity contribution in [2.75, 3.05) is 12.5 Å². The van der Waals surface area contributed by atoms with Crippen molar-refractivity contribution in [3.63, 3.8) is 0 Å². The quantitative estimate of drug-likeness (QED) is 0.645. The van der Waals surface area contributed by atoms with Crippen molar-refractivity contribution in [2.24, 2.45) is 0 Å². The number of para-hydroxylation sites is 1. The highest BCUT2D eigenvalue weighted by Crippen LogP contribution is 2.21. The molecule has 2 rings (SSSR count). The summed E-state index contributed by atoms with van der Waals surface area (Å²) in [4.78, 5) is 4.71. The molecule has 0 spiro atoms. The molecule has 0 atom stereocenters. The average Bonchev–Trinajstić information content (AvgIpc) is 2.47. The minimum atomic E-state index is 0.346. The number of rotatable bonds is 1. The smallest absolute Gasteiger partial charge is 0.179 e. The lowest BCUT2D eigenvalue weighted by atomic mass is 10.2. The standard InChI is InChI=1S/C10H12NS/c1-12(2)10-7-11-9-6-4-3-5-8(9)10/h3-7,11H,1-2H3/q+1. The maximum Gasteiger partial charge on any atom is 0.179 e. The Balaban J connectivity index is 2.70. The third kappa shape index (κ3) is 1.12. The Morgan fingerprint density at radius 1 is 1.17 bits per heavy atom. The van der Waals surface area contributed by atoms with Crippen molar-refractivity contribution >= 4 is 21.8 Å². The topological polar surface area (TPSA) is 15.8 Å². The largest absolute Gasteiger partial charge is 0.357 e. The molecule has 1 aromatic heterocycles. The number of aromatic nitrogens is 1. The Labute approximate surface area is 75.1 Å². The number of aromatic amines is 1. The Morgan fingerprint density at radius 3 is 2.67 bits per heavy atom. The Morgan fingerprint density at radius 2 is 1.92 bits per heavy atom. The summed E-state index contributed by atoms with van der Waals surface area (Å²) in [5.74, 6) is 0. The van der Waals surface area contributed by atoms with Crippen LogP contribution in [0.2, 0.25) is 0 Å². The van der Waals surface area contributed by atoms with Crippen LogP contribution in [0, 0.1) is 0 Å². The van der Waals surface area contributed by atoms with E-state index in [9.17, 15) is 0 Å². The summed E-state index contributed by atoms with van der Waals surface area (Å²) in [6.07, 6.45) is 6.61. The van der Waals surface area contributed by atoms with Gasteiger partial charge in [-0.15, -0.1) is 0 Å². The minimum absolute atomic E-state index is 0.346. The molecule has 12 heavy (non-hydrogen) atoms. The average molecular weight is 178 g/mol. The molecule has 1 N–H and O–H groups in total. The normalized spacial score (nSPS) is 11.2. The first-order valence-electron chi connectivity index (χ1n) is 3.93. The van der Waals surface area contributed by atoms with E-state index in [1.54, 1.807) is 0 Å². The predicted octanol–water partition coefficient (Wildman–Crippen LogP) is 2.40. The van der Waals surface area contributed by atoms with E-state index >= 15 is 0 Å². The Hall–Kier alpha value is -0.890. The highest BCUT2D eigenvalue weighted by atomic mass is 32.2. The van der Waals surface area contributed by atoms with E-state index in [1.165, 1.54) is 15.8 Å². The summed E-state index contributed by atoms with van der Waals surface area (Å²) >= 11 is 0. The maximum atomic E-state index is 3.28. The van der Waals surface area contributed by atoms with Crippen molar-refractivity contribution < 1.29 is 0 Å². The number of H-pyrrole nitrogens is 1. The first kappa shape index (κ1) is 7.74. The second-order valence-corrected chi connectivity index (χ2v) is 5.09. The molecule has 1 aromatic carbocycles. The van der Waals surface area contributed by atoms with Crippen LogP contribution in [0.5, 0.6) is 0 Å². The van der Waals surface area contributed by atoms with Gasteiger partial charge in [-0.3, -0.25) is 0 Å². The SMILES string of the molecule is C[S+](C)c1c[nH]c2ccccc12. The minimum Gasteiger partial charge on any atom is -0.357 e. The van der Waals surface area contributed by atoms with E-state index in [2.05, 4.69) is 48.0 Å². The van der Waals surface area contributed by atoms with Gasteiger partial charge in [0, 0.05) is 10.9 Å². The van der Waals surface area contributed by atoms with Gasteiger partial charge >= 0.3 is 0 Å².